The maximum absolute atomic E-state index is 12.7. The molecule has 162 valence electrons. The van der Waals surface area contributed by atoms with Gasteiger partial charge in [-0.15, -0.1) is 0 Å². The summed E-state index contributed by atoms with van der Waals surface area (Å²) in [5.74, 6) is 1.83. The third-order valence-electron chi connectivity index (χ3n) is 7.06. The molecule has 3 rings (SSSR count). The molecule has 0 aliphatic carbocycles. The fourth-order valence-corrected chi connectivity index (χ4v) is 5.22. The van der Waals surface area contributed by atoms with Crippen LogP contribution in [0.25, 0.3) is 0 Å². The first-order valence-electron chi connectivity index (χ1n) is 10.8. The molecule has 0 aromatic heterocycles. The zero-order chi connectivity index (χ0) is 21.4. The van der Waals surface area contributed by atoms with E-state index in [2.05, 4.69) is 50.9 Å². The normalized spacial score (nSPS) is 22.8. The van der Waals surface area contributed by atoms with Gasteiger partial charge in [0.25, 0.3) is 8.32 Å². The average molecular weight is 422 g/mol. The minimum atomic E-state index is -2.02. The Hall–Kier alpha value is -1.40. The van der Waals surface area contributed by atoms with Crippen molar-refractivity contribution in [3.63, 3.8) is 0 Å². The van der Waals surface area contributed by atoms with Crippen LogP contribution in [-0.4, -0.2) is 45.9 Å². The summed E-state index contributed by atoms with van der Waals surface area (Å²) in [6.45, 7) is 12.5. The van der Waals surface area contributed by atoms with E-state index < -0.39 is 8.32 Å². The van der Waals surface area contributed by atoms with Crippen molar-refractivity contribution in [2.24, 2.45) is 5.92 Å². The van der Waals surface area contributed by atoms with Crippen molar-refractivity contribution < 1.29 is 18.3 Å². The van der Waals surface area contributed by atoms with Crippen molar-refractivity contribution in [1.82, 2.24) is 4.90 Å². The van der Waals surface area contributed by atoms with Gasteiger partial charge >= 0.3 is 0 Å². The topological polar surface area (TPSA) is 38.8 Å². The Labute approximate surface area is 175 Å². The molecule has 2 aliphatic rings. The van der Waals surface area contributed by atoms with Gasteiger partial charge < -0.3 is 9.16 Å². The van der Waals surface area contributed by atoms with Gasteiger partial charge in [0, 0.05) is 31.5 Å². The number of nitrogens with zero attached hydrogens (tertiary/aromatic N) is 1. The van der Waals surface area contributed by atoms with Crippen molar-refractivity contribution >= 4 is 14.1 Å². The van der Waals surface area contributed by atoms with Crippen LogP contribution in [0, 0.1) is 5.92 Å². The highest BCUT2D eigenvalue weighted by Gasteiger charge is 2.41. The first-order valence-corrected chi connectivity index (χ1v) is 13.7. The maximum atomic E-state index is 12.7. The molecular weight excluding hydrogens is 385 g/mol. The highest BCUT2D eigenvalue weighted by molar-refractivity contribution is 6.74. The van der Waals surface area contributed by atoms with E-state index in [-0.39, 0.29) is 29.5 Å². The molecule has 29 heavy (non-hydrogen) atoms. The van der Waals surface area contributed by atoms with E-state index in [0.29, 0.717) is 19.3 Å². The number of carbonyl (C=O) groups excluding carboxylic acids is 1. The van der Waals surface area contributed by atoms with E-state index in [1.807, 2.05) is 0 Å². The van der Waals surface area contributed by atoms with Crippen molar-refractivity contribution in [3.8, 4) is 11.5 Å². The number of hydrogen-bond donors (Lipinski definition) is 0. The number of carbonyl (C=O) groups is 1. The number of piperidine rings is 1. The van der Waals surface area contributed by atoms with Gasteiger partial charge in [0.1, 0.15) is 11.5 Å². The van der Waals surface area contributed by atoms with Crippen LogP contribution in [0.15, 0.2) is 12.1 Å². The average Bonchev–Trinajstić information content (AvgIpc) is 2.64. The summed E-state index contributed by atoms with van der Waals surface area (Å²) < 4.78 is 24.9. The SMILES string of the molecule is COc1cc2c(cc1O[Si](C)(C)C(C)(C)C)[C@@H]1CC(=O)[C@@H](CCC[19F])CN1CC2. The van der Waals surface area contributed by atoms with E-state index in [1.54, 1.807) is 7.11 Å². The predicted octanol–water partition coefficient (Wildman–Crippen LogP) is 5.32. The molecular formula is C23H36FNO3Si. The van der Waals surface area contributed by atoms with Gasteiger partial charge in [0.05, 0.1) is 13.8 Å². The standard InChI is InChI=1S/C23H36FNO3Si/c1-23(2,3)29(5,6)28-22-13-18-16(12-21(22)27-4)9-11-25-15-17(8-7-10-24)20(26)14-19(18)25/h12-13,17,19H,7-11,14-15H2,1-6H3/t17-,19-/m0/s1/i24+0. The van der Waals surface area contributed by atoms with E-state index in [9.17, 15) is 9.18 Å². The lowest BCUT2D eigenvalue weighted by atomic mass is 9.81. The Kier molecular flexibility index (Phi) is 6.44. The molecule has 1 aromatic rings. The Balaban J connectivity index is 1.90. The summed E-state index contributed by atoms with van der Waals surface area (Å²) in [4.78, 5) is 15.1. The van der Waals surface area contributed by atoms with Crippen LogP contribution in [-0.2, 0) is 11.2 Å². The third-order valence-corrected chi connectivity index (χ3v) is 11.4. The molecule has 0 bridgehead atoms. The minimum Gasteiger partial charge on any atom is -0.541 e. The van der Waals surface area contributed by atoms with Gasteiger partial charge in [-0.1, -0.05) is 20.8 Å². The number of fused-ring (bicyclic) bond motifs is 3. The van der Waals surface area contributed by atoms with Crippen molar-refractivity contribution in [1.29, 1.82) is 0 Å². The highest BCUT2D eigenvalue weighted by atomic mass is 28.4. The Morgan fingerprint density at radius 3 is 2.59 bits per heavy atom. The molecule has 2 aliphatic heterocycles. The lowest BCUT2D eigenvalue weighted by Crippen LogP contribution is -2.46. The number of Topliss-reactive ketones (excluding diaryl/α,β-unsaturated/α-hetero) is 1. The Bertz CT molecular complexity index is 759. The fourth-order valence-electron chi connectivity index (χ4n) is 4.20. The number of alkyl halides is 1. The zero-order valence-electron chi connectivity index (χ0n) is 18.8. The number of ketones is 1. The number of benzene rings is 1. The Morgan fingerprint density at radius 2 is 1.97 bits per heavy atom. The van der Waals surface area contributed by atoms with Crippen molar-refractivity contribution in [2.45, 2.75) is 70.6 Å². The molecule has 0 unspecified atom stereocenters. The second-order valence-corrected chi connectivity index (χ2v) is 14.7. The van der Waals surface area contributed by atoms with Gasteiger partial charge in [0.2, 0.25) is 0 Å². The number of hydrogen-bond acceptors (Lipinski definition) is 4. The highest BCUT2D eigenvalue weighted by Crippen LogP contribution is 2.45. The van der Waals surface area contributed by atoms with Crippen LogP contribution in [0.5, 0.6) is 11.5 Å². The lowest BCUT2D eigenvalue weighted by molar-refractivity contribution is -0.129. The predicted molar refractivity (Wildman–Crippen MR) is 117 cm³/mol. The quantitative estimate of drug-likeness (QED) is 0.583. The van der Waals surface area contributed by atoms with Crippen LogP contribution >= 0.6 is 0 Å². The molecule has 1 fully saturated rings. The molecule has 0 radical (unpaired) electrons. The van der Waals surface area contributed by atoms with Crippen LogP contribution in [0.3, 0.4) is 0 Å². The van der Waals surface area contributed by atoms with Gasteiger partial charge in [-0.3, -0.25) is 14.1 Å². The zero-order valence-corrected chi connectivity index (χ0v) is 19.8. The summed E-state index contributed by atoms with van der Waals surface area (Å²) in [5, 5.41) is 0.0877. The smallest absolute Gasteiger partial charge is 0.250 e. The lowest BCUT2D eigenvalue weighted by Gasteiger charge is -2.43. The molecule has 2 heterocycles. The summed E-state index contributed by atoms with van der Waals surface area (Å²) >= 11 is 0. The van der Waals surface area contributed by atoms with Crippen molar-refractivity contribution in [2.75, 3.05) is 26.9 Å². The molecule has 0 saturated carbocycles. The summed E-state index contributed by atoms with van der Waals surface area (Å²) in [6, 6.07) is 4.33. The molecule has 0 N–H and O–H groups in total. The molecule has 4 nitrogen and oxygen atoms in total. The molecule has 0 amide bonds. The van der Waals surface area contributed by atoms with Gasteiger partial charge in [0.15, 0.2) is 5.75 Å². The van der Waals surface area contributed by atoms with E-state index in [0.717, 1.165) is 31.0 Å². The summed E-state index contributed by atoms with van der Waals surface area (Å²) in [7, 11) is -0.328. The summed E-state index contributed by atoms with van der Waals surface area (Å²) in [5.41, 5.74) is 2.45. The van der Waals surface area contributed by atoms with Crippen LogP contribution < -0.4 is 9.16 Å². The monoisotopic (exact) mass is 421 g/mol. The Morgan fingerprint density at radius 1 is 1.24 bits per heavy atom. The molecule has 1 aromatic carbocycles. The molecule has 2 atom stereocenters. The number of methoxy groups -OCH3 is 1. The van der Waals surface area contributed by atoms with E-state index >= 15 is 0 Å². The van der Waals surface area contributed by atoms with E-state index in [4.69, 9.17) is 9.16 Å². The van der Waals surface area contributed by atoms with Gasteiger partial charge in [-0.2, -0.15) is 0 Å². The number of halogens is 1. The third kappa shape index (κ3) is 4.53. The largest absolute Gasteiger partial charge is 0.541 e. The van der Waals surface area contributed by atoms with Crippen LogP contribution in [0.4, 0.5) is 4.39 Å². The van der Waals surface area contributed by atoms with Gasteiger partial charge in [-0.05, 0) is 60.7 Å². The minimum absolute atomic E-state index is 0.0234. The number of rotatable bonds is 6. The summed E-state index contributed by atoms with van der Waals surface area (Å²) in [6.07, 6.45) is 2.59. The second kappa shape index (κ2) is 8.38. The van der Waals surface area contributed by atoms with Crippen LogP contribution in [0.1, 0.15) is 57.2 Å². The molecule has 6 heteroatoms. The first kappa shape index (κ1) is 22.3. The fraction of sp³-hybridized carbons (Fsp3) is 0.696. The second-order valence-electron chi connectivity index (χ2n) is 10.0. The first-order chi connectivity index (χ1) is 13.6. The van der Waals surface area contributed by atoms with Crippen molar-refractivity contribution in [3.05, 3.63) is 23.3 Å². The number of ether oxygens (including phenoxy) is 1. The van der Waals surface area contributed by atoms with E-state index in [1.165, 1.54) is 11.1 Å². The molecule has 1 saturated heterocycles. The molecule has 0 spiro atoms. The van der Waals surface area contributed by atoms with Gasteiger partial charge in [-0.25, -0.2) is 0 Å². The van der Waals surface area contributed by atoms with Crippen LogP contribution in [0.2, 0.25) is 18.1 Å². The maximum Gasteiger partial charge on any atom is 0.250 e.